The fourth-order valence-corrected chi connectivity index (χ4v) is 1.84. The molecule has 1 fully saturated rings. The van der Waals surface area contributed by atoms with Crippen molar-refractivity contribution in [3.05, 3.63) is 12.2 Å². The summed E-state index contributed by atoms with van der Waals surface area (Å²) < 4.78 is 4.79. The van der Waals surface area contributed by atoms with E-state index in [4.69, 9.17) is 9.84 Å². The van der Waals surface area contributed by atoms with Crippen molar-refractivity contribution in [1.82, 2.24) is 4.90 Å². The lowest BCUT2D eigenvalue weighted by Crippen LogP contribution is -2.34. The molecule has 0 aromatic heterocycles. The molecule has 1 aliphatic rings. The van der Waals surface area contributed by atoms with Gasteiger partial charge in [-0.3, -0.25) is 4.90 Å². The quantitative estimate of drug-likeness (QED) is 0.558. The Kier molecular flexibility index (Phi) is 6.11. The van der Waals surface area contributed by atoms with E-state index in [-0.39, 0.29) is 5.97 Å². The van der Waals surface area contributed by atoms with E-state index in [0.29, 0.717) is 19.1 Å². The summed E-state index contributed by atoms with van der Waals surface area (Å²) in [5, 5.41) is 8.99. The minimum absolute atomic E-state index is 0.271. The monoisotopic (exact) mass is 227 g/mol. The van der Waals surface area contributed by atoms with Crippen LogP contribution < -0.4 is 0 Å². The number of esters is 1. The molecule has 0 aromatic carbocycles. The SMILES string of the molecule is CCOC(=O)C=CCN1CCC(CO)CC1. The van der Waals surface area contributed by atoms with Crippen LogP contribution in [-0.2, 0) is 9.53 Å². The van der Waals surface area contributed by atoms with Crippen LogP contribution in [0.2, 0.25) is 0 Å². The van der Waals surface area contributed by atoms with Crippen molar-refractivity contribution in [3.63, 3.8) is 0 Å². The number of ether oxygens (including phenoxy) is 1. The normalized spacial score (nSPS) is 19.1. The summed E-state index contributed by atoms with van der Waals surface area (Å²) in [5.74, 6) is 0.193. The summed E-state index contributed by atoms with van der Waals surface area (Å²) in [6, 6.07) is 0. The van der Waals surface area contributed by atoms with Gasteiger partial charge in [-0.1, -0.05) is 6.08 Å². The van der Waals surface area contributed by atoms with Crippen molar-refractivity contribution in [2.45, 2.75) is 19.8 Å². The van der Waals surface area contributed by atoms with Gasteiger partial charge in [-0.15, -0.1) is 0 Å². The Morgan fingerprint density at radius 2 is 2.19 bits per heavy atom. The lowest BCUT2D eigenvalue weighted by atomic mass is 9.98. The number of likely N-dealkylation sites (tertiary alicyclic amines) is 1. The lowest BCUT2D eigenvalue weighted by Gasteiger charge is -2.29. The van der Waals surface area contributed by atoms with Gasteiger partial charge in [-0.25, -0.2) is 4.79 Å². The van der Waals surface area contributed by atoms with E-state index < -0.39 is 0 Å². The third kappa shape index (κ3) is 4.77. The molecule has 92 valence electrons. The first-order chi connectivity index (χ1) is 7.76. The highest BCUT2D eigenvalue weighted by Crippen LogP contribution is 2.15. The summed E-state index contributed by atoms with van der Waals surface area (Å²) in [6.07, 6.45) is 5.42. The molecule has 0 bridgehead atoms. The van der Waals surface area contributed by atoms with Gasteiger partial charge in [0.1, 0.15) is 0 Å². The van der Waals surface area contributed by atoms with Crippen molar-refractivity contribution < 1.29 is 14.6 Å². The second kappa shape index (κ2) is 7.41. The Labute approximate surface area is 96.9 Å². The highest BCUT2D eigenvalue weighted by atomic mass is 16.5. The summed E-state index contributed by atoms with van der Waals surface area (Å²) in [5.41, 5.74) is 0. The number of hydrogen-bond donors (Lipinski definition) is 1. The molecular weight excluding hydrogens is 206 g/mol. The van der Waals surface area contributed by atoms with Crippen molar-refractivity contribution in [1.29, 1.82) is 0 Å². The standard InChI is InChI=1S/C12H21NO3/c1-2-16-12(15)4-3-7-13-8-5-11(10-14)6-9-13/h3-4,11,14H,2,5-10H2,1H3. The van der Waals surface area contributed by atoms with E-state index in [2.05, 4.69) is 4.90 Å². The smallest absolute Gasteiger partial charge is 0.330 e. The molecule has 0 atom stereocenters. The molecule has 1 heterocycles. The topological polar surface area (TPSA) is 49.8 Å². The predicted octanol–water partition coefficient (Wildman–Crippen LogP) is 0.810. The van der Waals surface area contributed by atoms with Crippen LogP contribution in [-0.4, -0.2) is 48.8 Å². The van der Waals surface area contributed by atoms with Crippen LogP contribution in [0.5, 0.6) is 0 Å². The molecule has 0 radical (unpaired) electrons. The van der Waals surface area contributed by atoms with E-state index in [1.807, 2.05) is 6.08 Å². The molecule has 1 N–H and O–H groups in total. The first-order valence-corrected chi connectivity index (χ1v) is 5.92. The predicted molar refractivity (Wildman–Crippen MR) is 62.0 cm³/mol. The second-order valence-electron chi connectivity index (χ2n) is 4.08. The third-order valence-electron chi connectivity index (χ3n) is 2.87. The zero-order valence-corrected chi connectivity index (χ0v) is 9.89. The molecule has 0 amide bonds. The molecule has 1 rings (SSSR count). The first-order valence-electron chi connectivity index (χ1n) is 5.92. The minimum atomic E-state index is -0.271. The van der Waals surface area contributed by atoms with Gasteiger partial charge in [0.05, 0.1) is 6.61 Å². The maximum absolute atomic E-state index is 11.0. The van der Waals surface area contributed by atoms with Crippen LogP contribution in [0.4, 0.5) is 0 Å². The van der Waals surface area contributed by atoms with E-state index in [0.717, 1.165) is 32.5 Å². The second-order valence-corrected chi connectivity index (χ2v) is 4.08. The molecule has 0 aliphatic carbocycles. The van der Waals surface area contributed by atoms with E-state index in [1.165, 1.54) is 6.08 Å². The van der Waals surface area contributed by atoms with Gasteiger partial charge in [-0.2, -0.15) is 0 Å². The fraction of sp³-hybridized carbons (Fsp3) is 0.750. The number of hydrogen-bond acceptors (Lipinski definition) is 4. The number of aliphatic hydroxyl groups is 1. The Morgan fingerprint density at radius 1 is 1.50 bits per heavy atom. The van der Waals surface area contributed by atoms with Crippen molar-refractivity contribution in [2.24, 2.45) is 5.92 Å². The molecule has 1 aliphatic heterocycles. The van der Waals surface area contributed by atoms with Crippen molar-refractivity contribution in [2.75, 3.05) is 32.8 Å². The van der Waals surface area contributed by atoms with Gasteiger partial charge >= 0.3 is 5.97 Å². The summed E-state index contributed by atoms with van der Waals surface area (Å²) in [4.78, 5) is 13.3. The highest BCUT2D eigenvalue weighted by molar-refractivity contribution is 5.81. The largest absolute Gasteiger partial charge is 0.463 e. The third-order valence-corrected chi connectivity index (χ3v) is 2.87. The summed E-state index contributed by atoms with van der Waals surface area (Å²) in [6.45, 7) is 5.30. The van der Waals surface area contributed by atoms with Gasteiger partial charge in [0.15, 0.2) is 0 Å². The molecule has 0 saturated carbocycles. The zero-order chi connectivity index (χ0) is 11.8. The van der Waals surface area contributed by atoms with Crippen LogP contribution in [0.25, 0.3) is 0 Å². The van der Waals surface area contributed by atoms with Gasteiger partial charge in [0, 0.05) is 19.2 Å². The Hall–Kier alpha value is -0.870. The maximum atomic E-state index is 11.0. The first kappa shape index (κ1) is 13.2. The van der Waals surface area contributed by atoms with E-state index in [1.54, 1.807) is 6.92 Å². The molecule has 0 unspecified atom stereocenters. The summed E-state index contributed by atoms with van der Waals surface area (Å²) >= 11 is 0. The molecule has 4 nitrogen and oxygen atoms in total. The van der Waals surface area contributed by atoms with Crippen LogP contribution in [0.1, 0.15) is 19.8 Å². The minimum Gasteiger partial charge on any atom is -0.463 e. The molecule has 1 saturated heterocycles. The van der Waals surface area contributed by atoms with Crippen LogP contribution in [0, 0.1) is 5.92 Å². The van der Waals surface area contributed by atoms with Gasteiger partial charge in [0.2, 0.25) is 0 Å². The lowest BCUT2D eigenvalue weighted by molar-refractivity contribution is -0.137. The van der Waals surface area contributed by atoms with Crippen LogP contribution in [0.3, 0.4) is 0 Å². The van der Waals surface area contributed by atoms with Gasteiger partial charge in [0.25, 0.3) is 0 Å². The van der Waals surface area contributed by atoms with E-state index >= 15 is 0 Å². The van der Waals surface area contributed by atoms with Crippen molar-refractivity contribution >= 4 is 5.97 Å². The Morgan fingerprint density at radius 3 is 2.75 bits per heavy atom. The van der Waals surface area contributed by atoms with Gasteiger partial charge < -0.3 is 9.84 Å². The van der Waals surface area contributed by atoms with Crippen molar-refractivity contribution in [3.8, 4) is 0 Å². The Bertz CT molecular complexity index is 232. The summed E-state index contributed by atoms with van der Waals surface area (Å²) in [7, 11) is 0. The van der Waals surface area contributed by atoms with Gasteiger partial charge in [-0.05, 0) is 38.8 Å². The number of aliphatic hydroxyl groups excluding tert-OH is 1. The molecule has 0 spiro atoms. The number of carbonyl (C=O) groups is 1. The van der Waals surface area contributed by atoms with E-state index in [9.17, 15) is 4.79 Å². The number of nitrogens with zero attached hydrogens (tertiary/aromatic N) is 1. The Balaban J connectivity index is 2.17. The molecule has 0 aromatic rings. The molecule has 4 heteroatoms. The van der Waals surface area contributed by atoms with Crippen LogP contribution in [0.15, 0.2) is 12.2 Å². The average Bonchev–Trinajstić information content (AvgIpc) is 2.30. The molecule has 16 heavy (non-hydrogen) atoms. The fourth-order valence-electron chi connectivity index (χ4n) is 1.84. The highest BCUT2D eigenvalue weighted by Gasteiger charge is 2.17. The average molecular weight is 227 g/mol. The zero-order valence-electron chi connectivity index (χ0n) is 9.89. The number of rotatable bonds is 5. The molecular formula is C12H21NO3. The number of carbonyl (C=O) groups excluding carboxylic acids is 1. The maximum Gasteiger partial charge on any atom is 0.330 e. The van der Waals surface area contributed by atoms with Crippen LogP contribution >= 0.6 is 0 Å². The number of piperidine rings is 1.